The fourth-order valence-electron chi connectivity index (χ4n) is 1.70. The Hall–Kier alpha value is -0.680. The van der Waals surface area contributed by atoms with Crippen molar-refractivity contribution in [2.45, 2.75) is 19.9 Å². The van der Waals surface area contributed by atoms with Gasteiger partial charge < -0.3 is 10.1 Å². The summed E-state index contributed by atoms with van der Waals surface area (Å²) in [7, 11) is 5.62. The number of ether oxygens (including phenoxy) is 1. The number of hydrogen-bond acceptors (Lipinski definition) is 4. The van der Waals surface area contributed by atoms with Crippen molar-refractivity contribution in [2.75, 3.05) is 25.7 Å². The zero-order chi connectivity index (χ0) is 12.8. The molecule has 1 aromatic rings. The number of methoxy groups -OCH3 is 1. The third-order valence-electron chi connectivity index (χ3n) is 2.58. The molecule has 1 N–H and O–H groups in total. The number of nitrogens with zero attached hydrogens (tertiary/aromatic N) is 2. The average molecular weight is 257 g/mol. The Morgan fingerprint density at radius 3 is 2.71 bits per heavy atom. The quantitative estimate of drug-likeness (QED) is 0.812. The first-order chi connectivity index (χ1) is 8.10. The molecule has 0 fully saturated rings. The molecule has 1 aromatic heterocycles. The van der Waals surface area contributed by atoms with Gasteiger partial charge in [0, 0.05) is 12.8 Å². The minimum Gasteiger partial charge on any atom is -0.493 e. The largest absolute Gasteiger partial charge is 0.493 e. The molecule has 0 bridgehead atoms. The Morgan fingerprint density at radius 2 is 2.18 bits per heavy atom. The molecule has 0 saturated heterocycles. The van der Waals surface area contributed by atoms with Crippen molar-refractivity contribution in [1.29, 1.82) is 0 Å². The number of nitrogens with one attached hydrogen (secondary N) is 1. The van der Waals surface area contributed by atoms with E-state index in [1.807, 2.05) is 30.5 Å². The zero-order valence-electron chi connectivity index (χ0n) is 11.4. The van der Waals surface area contributed by atoms with Crippen molar-refractivity contribution in [3.63, 3.8) is 0 Å². The van der Waals surface area contributed by atoms with E-state index in [2.05, 4.69) is 24.3 Å². The van der Waals surface area contributed by atoms with Crippen molar-refractivity contribution in [1.82, 2.24) is 15.1 Å². The van der Waals surface area contributed by atoms with Crippen LogP contribution in [0.4, 0.5) is 0 Å². The molecule has 0 aliphatic rings. The SMILES string of the molecule is CNC(CSCC(C)C)c1c(OC)cnn1C. The van der Waals surface area contributed by atoms with Gasteiger partial charge in [0.1, 0.15) is 0 Å². The zero-order valence-corrected chi connectivity index (χ0v) is 12.2. The highest BCUT2D eigenvalue weighted by Gasteiger charge is 2.19. The Kier molecular flexibility index (Phi) is 5.85. The highest BCUT2D eigenvalue weighted by molar-refractivity contribution is 7.99. The minimum absolute atomic E-state index is 0.279. The molecule has 0 radical (unpaired) electrons. The molecule has 1 atom stereocenters. The van der Waals surface area contributed by atoms with Gasteiger partial charge in [-0.25, -0.2) is 0 Å². The first-order valence-corrected chi connectivity index (χ1v) is 7.06. The van der Waals surface area contributed by atoms with Crippen LogP contribution in [-0.4, -0.2) is 35.4 Å². The van der Waals surface area contributed by atoms with E-state index in [1.54, 1.807) is 13.3 Å². The molecule has 0 aliphatic carbocycles. The molecule has 0 aromatic carbocycles. The lowest BCUT2D eigenvalue weighted by Gasteiger charge is -2.18. The van der Waals surface area contributed by atoms with E-state index in [4.69, 9.17) is 4.74 Å². The fourth-order valence-corrected chi connectivity index (χ4v) is 2.87. The van der Waals surface area contributed by atoms with Gasteiger partial charge >= 0.3 is 0 Å². The van der Waals surface area contributed by atoms with Crippen LogP contribution in [0.15, 0.2) is 6.20 Å². The summed E-state index contributed by atoms with van der Waals surface area (Å²) in [6.45, 7) is 4.48. The van der Waals surface area contributed by atoms with E-state index in [9.17, 15) is 0 Å². The topological polar surface area (TPSA) is 39.1 Å². The fraction of sp³-hybridized carbons (Fsp3) is 0.750. The summed E-state index contributed by atoms with van der Waals surface area (Å²) in [6.07, 6.45) is 1.77. The van der Waals surface area contributed by atoms with Crippen molar-refractivity contribution in [3.8, 4) is 5.75 Å². The second-order valence-electron chi connectivity index (χ2n) is 4.49. The van der Waals surface area contributed by atoms with Gasteiger partial charge in [-0.1, -0.05) is 13.8 Å². The van der Waals surface area contributed by atoms with Gasteiger partial charge in [-0.2, -0.15) is 16.9 Å². The van der Waals surface area contributed by atoms with Crippen molar-refractivity contribution in [2.24, 2.45) is 13.0 Å². The number of thioether (sulfide) groups is 1. The van der Waals surface area contributed by atoms with Crippen LogP contribution >= 0.6 is 11.8 Å². The van der Waals surface area contributed by atoms with Gasteiger partial charge in [0.2, 0.25) is 0 Å². The summed E-state index contributed by atoms with van der Waals surface area (Å²) in [4.78, 5) is 0. The van der Waals surface area contributed by atoms with Gasteiger partial charge in [0.05, 0.1) is 25.0 Å². The second-order valence-corrected chi connectivity index (χ2v) is 5.57. The summed E-state index contributed by atoms with van der Waals surface area (Å²) in [5.41, 5.74) is 1.12. The van der Waals surface area contributed by atoms with Crippen LogP contribution in [0.25, 0.3) is 0 Å². The third-order valence-corrected chi connectivity index (χ3v) is 4.05. The molecular weight excluding hydrogens is 234 g/mol. The van der Waals surface area contributed by atoms with Crippen molar-refractivity contribution in [3.05, 3.63) is 11.9 Å². The van der Waals surface area contributed by atoms with Gasteiger partial charge in [0.15, 0.2) is 5.75 Å². The van der Waals surface area contributed by atoms with Gasteiger partial charge in [0.25, 0.3) is 0 Å². The molecule has 0 spiro atoms. The van der Waals surface area contributed by atoms with Gasteiger partial charge in [-0.05, 0) is 18.7 Å². The first kappa shape index (κ1) is 14.4. The molecule has 1 rings (SSSR count). The van der Waals surface area contributed by atoms with Gasteiger partial charge in [-0.15, -0.1) is 0 Å². The van der Waals surface area contributed by atoms with Crippen LogP contribution in [-0.2, 0) is 7.05 Å². The van der Waals surface area contributed by atoms with Crippen LogP contribution in [0.2, 0.25) is 0 Å². The van der Waals surface area contributed by atoms with E-state index in [0.717, 1.165) is 23.1 Å². The van der Waals surface area contributed by atoms with Gasteiger partial charge in [-0.3, -0.25) is 4.68 Å². The number of aryl methyl sites for hydroxylation is 1. The summed E-state index contributed by atoms with van der Waals surface area (Å²) >= 11 is 1.96. The highest BCUT2D eigenvalue weighted by atomic mass is 32.2. The monoisotopic (exact) mass is 257 g/mol. The van der Waals surface area contributed by atoms with Crippen molar-refractivity contribution < 1.29 is 4.74 Å². The van der Waals surface area contributed by atoms with Crippen LogP contribution in [0.3, 0.4) is 0 Å². The Morgan fingerprint density at radius 1 is 1.47 bits per heavy atom. The maximum Gasteiger partial charge on any atom is 0.161 e. The van der Waals surface area contributed by atoms with Crippen LogP contribution in [0.5, 0.6) is 5.75 Å². The molecule has 0 saturated carbocycles. The standard InChI is InChI=1S/C12H23N3OS/c1-9(2)7-17-8-10(13-3)12-11(16-5)6-14-15(12)4/h6,9-10,13H,7-8H2,1-5H3. The molecule has 0 aliphatic heterocycles. The summed E-state index contributed by atoms with van der Waals surface area (Å²) in [5.74, 6) is 3.80. The van der Waals surface area contributed by atoms with E-state index < -0.39 is 0 Å². The molecule has 17 heavy (non-hydrogen) atoms. The highest BCUT2D eigenvalue weighted by Crippen LogP contribution is 2.27. The van der Waals surface area contributed by atoms with Crippen molar-refractivity contribution >= 4 is 11.8 Å². The first-order valence-electron chi connectivity index (χ1n) is 5.91. The predicted molar refractivity (Wildman–Crippen MR) is 73.7 cm³/mol. The molecule has 98 valence electrons. The predicted octanol–water partition coefficient (Wildman–Crippen LogP) is 2.08. The number of hydrogen-bond donors (Lipinski definition) is 1. The smallest absolute Gasteiger partial charge is 0.161 e. The third kappa shape index (κ3) is 3.92. The lowest BCUT2D eigenvalue weighted by molar-refractivity contribution is 0.401. The molecule has 1 heterocycles. The maximum absolute atomic E-state index is 5.34. The maximum atomic E-state index is 5.34. The van der Waals surface area contributed by atoms with Crippen LogP contribution in [0, 0.1) is 5.92 Å². The number of aromatic nitrogens is 2. The molecule has 4 nitrogen and oxygen atoms in total. The average Bonchev–Trinajstić information content (AvgIpc) is 2.66. The van der Waals surface area contributed by atoms with E-state index in [1.165, 1.54) is 5.75 Å². The summed E-state index contributed by atoms with van der Waals surface area (Å²) in [5, 5.41) is 7.57. The number of rotatable bonds is 7. The Balaban J connectivity index is 2.68. The van der Waals surface area contributed by atoms with E-state index in [0.29, 0.717) is 0 Å². The Labute approximate surface area is 108 Å². The molecule has 5 heteroatoms. The normalized spacial score (nSPS) is 13.1. The summed E-state index contributed by atoms with van der Waals surface area (Å²) in [6, 6.07) is 0.279. The van der Waals surface area contributed by atoms with Crippen LogP contribution < -0.4 is 10.1 Å². The molecule has 0 amide bonds. The summed E-state index contributed by atoms with van der Waals surface area (Å²) < 4.78 is 7.23. The van der Waals surface area contributed by atoms with Crippen LogP contribution in [0.1, 0.15) is 25.6 Å². The van der Waals surface area contributed by atoms with E-state index in [-0.39, 0.29) is 6.04 Å². The van der Waals surface area contributed by atoms with E-state index >= 15 is 0 Å². The second kappa shape index (κ2) is 6.91. The Bertz CT molecular complexity index is 338. The lowest BCUT2D eigenvalue weighted by Crippen LogP contribution is -2.22. The molecule has 1 unspecified atom stereocenters. The lowest BCUT2D eigenvalue weighted by atomic mass is 10.2. The minimum atomic E-state index is 0.279. The molecular formula is C12H23N3OS.